The molecule has 1 aromatic rings. The third kappa shape index (κ3) is 3.97. The molecule has 1 unspecified atom stereocenters. The molecule has 1 aromatic carbocycles. The van der Waals surface area contributed by atoms with Crippen molar-refractivity contribution < 1.29 is 4.79 Å². The van der Waals surface area contributed by atoms with Gasteiger partial charge in [-0.25, -0.2) is 0 Å². The smallest absolute Gasteiger partial charge is 0.245 e. The Balaban J connectivity index is 1.89. The van der Waals surface area contributed by atoms with Gasteiger partial charge in [0.2, 0.25) is 5.91 Å². The van der Waals surface area contributed by atoms with Crippen LogP contribution in [0.2, 0.25) is 0 Å². The summed E-state index contributed by atoms with van der Waals surface area (Å²) in [6.07, 6.45) is 2.14. The van der Waals surface area contributed by atoms with Crippen LogP contribution in [-0.2, 0) is 4.79 Å². The van der Waals surface area contributed by atoms with Gasteiger partial charge in [0.05, 0.1) is 0 Å². The predicted octanol–water partition coefficient (Wildman–Crippen LogP) is 2.77. The van der Waals surface area contributed by atoms with Crippen LogP contribution in [0.4, 0.5) is 0 Å². The van der Waals surface area contributed by atoms with Gasteiger partial charge in [0, 0.05) is 19.6 Å². The van der Waals surface area contributed by atoms with Crippen molar-refractivity contribution in [3.8, 4) is 0 Å². The van der Waals surface area contributed by atoms with Crippen molar-refractivity contribution in [2.75, 3.05) is 33.7 Å². The molecule has 0 aliphatic carbocycles. The lowest BCUT2D eigenvalue weighted by Crippen LogP contribution is -2.41. The number of carbonyl (C=O) groups is 1. The maximum Gasteiger partial charge on any atom is 0.245 e. The van der Waals surface area contributed by atoms with Crippen LogP contribution in [0.25, 0.3) is 0 Å². The minimum atomic E-state index is -0.554. The van der Waals surface area contributed by atoms with E-state index < -0.39 is 5.38 Å². The SMILES string of the molecule is CN(C)CC1CCN(C(=O)C(Cl)c2ccccc2)CC1. The highest BCUT2D eigenvalue weighted by atomic mass is 35.5. The van der Waals surface area contributed by atoms with E-state index in [0.29, 0.717) is 5.92 Å². The molecule has 2 rings (SSSR count). The molecule has 20 heavy (non-hydrogen) atoms. The van der Waals surface area contributed by atoms with E-state index in [1.165, 1.54) is 0 Å². The molecule has 3 nitrogen and oxygen atoms in total. The van der Waals surface area contributed by atoms with Crippen LogP contribution in [0.5, 0.6) is 0 Å². The highest BCUT2D eigenvalue weighted by molar-refractivity contribution is 6.30. The van der Waals surface area contributed by atoms with Crippen molar-refractivity contribution in [1.82, 2.24) is 9.80 Å². The number of piperidine rings is 1. The zero-order chi connectivity index (χ0) is 14.5. The second kappa shape index (κ2) is 7.09. The number of likely N-dealkylation sites (tertiary alicyclic amines) is 1. The maximum absolute atomic E-state index is 12.4. The highest BCUT2D eigenvalue weighted by Crippen LogP contribution is 2.26. The molecule has 0 bridgehead atoms. The average Bonchev–Trinajstić information content (AvgIpc) is 2.47. The summed E-state index contributed by atoms with van der Waals surface area (Å²) in [6.45, 7) is 2.76. The lowest BCUT2D eigenvalue weighted by Gasteiger charge is -2.34. The molecule has 0 radical (unpaired) electrons. The zero-order valence-corrected chi connectivity index (χ0v) is 13.0. The molecular formula is C16H23ClN2O. The molecule has 0 N–H and O–H groups in total. The number of halogens is 1. The van der Waals surface area contributed by atoms with Crippen molar-refractivity contribution in [2.45, 2.75) is 18.2 Å². The van der Waals surface area contributed by atoms with E-state index in [-0.39, 0.29) is 5.91 Å². The molecule has 1 saturated heterocycles. The largest absolute Gasteiger partial charge is 0.341 e. The topological polar surface area (TPSA) is 23.6 Å². The van der Waals surface area contributed by atoms with E-state index in [4.69, 9.17) is 11.6 Å². The minimum absolute atomic E-state index is 0.0427. The van der Waals surface area contributed by atoms with Crippen molar-refractivity contribution >= 4 is 17.5 Å². The summed E-state index contributed by atoms with van der Waals surface area (Å²) in [4.78, 5) is 16.5. The highest BCUT2D eigenvalue weighted by Gasteiger charge is 2.27. The van der Waals surface area contributed by atoms with Gasteiger partial charge in [-0.1, -0.05) is 30.3 Å². The first-order valence-electron chi connectivity index (χ1n) is 7.20. The van der Waals surface area contributed by atoms with E-state index in [2.05, 4.69) is 19.0 Å². The molecule has 0 aromatic heterocycles. The second-order valence-electron chi connectivity index (χ2n) is 5.80. The molecule has 110 valence electrons. The Morgan fingerprint density at radius 2 is 1.90 bits per heavy atom. The Morgan fingerprint density at radius 3 is 2.45 bits per heavy atom. The van der Waals surface area contributed by atoms with Gasteiger partial charge in [-0.2, -0.15) is 0 Å². The van der Waals surface area contributed by atoms with Gasteiger partial charge >= 0.3 is 0 Å². The minimum Gasteiger partial charge on any atom is -0.341 e. The van der Waals surface area contributed by atoms with Crippen molar-refractivity contribution in [3.63, 3.8) is 0 Å². The fraction of sp³-hybridized carbons (Fsp3) is 0.562. The number of benzene rings is 1. The fourth-order valence-corrected chi connectivity index (χ4v) is 3.06. The standard InChI is InChI=1S/C16H23ClN2O/c1-18(2)12-13-8-10-19(11-9-13)16(20)15(17)14-6-4-3-5-7-14/h3-7,13,15H,8-12H2,1-2H3. The zero-order valence-electron chi connectivity index (χ0n) is 12.3. The summed E-state index contributed by atoms with van der Waals surface area (Å²) in [5.41, 5.74) is 0.884. The molecule has 1 amide bonds. The van der Waals surface area contributed by atoms with Crippen LogP contribution in [0.3, 0.4) is 0 Å². The number of amides is 1. The van der Waals surface area contributed by atoms with Gasteiger partial charge in [-0.15, -0.1) is 11.6 Å². The van der Waals surface area contributed by atoms with Crippen LogP contribution in [-0.4, -0.2) is 49.4 Å². The first-order chi connectivity index (χ1) is 9.58. The number of alkyl halides is 1. The molecule has 1 aliphatic heterocycles. The summed E-state index contributed by atoms with van der Waals surface area (Å²) >= 11 is 6.31. The summed E-state index contributed by atoms with van der Waals surface area (Å²) in [6, 6.07) is 9.59. The summed E-state index contributed by atoms with van der Waals surface area (Å²) in [7, 11) is 4.20. The Labute approximate surface area is 126 Å². The van der Waals surface area contributed by atoms with Crippen LogP contribution in [0.15, 0.2) is 30.3 Å². The van der Waals surface area contributed by atoms with Crippen molar-refractivity contribution in [2.24, 2.45) is 5.92 Å². The Hall–Kier alpha value is -1.06. The predicted molar refractivity (Wildman–Crippen MR) is 82.9 cm³/mol. The summed E-state index contributed by atoms with van der Waals surface area (Å²) < 4.78 is 0. The lowest BCUT2D eigenvalue weighted by atomic mass is 9.96. The van der Waals surface area contributed by atoms with E-state index in [1.807, 2.05) is 35.2 Å². The van der Waals surface area contributed by atoms with Crippen molar-refractivity contribution in [3.05, 3.63) is 35.9 Å². The lowest BCUT2D eigenvalue weighted by molar-refractivity contribution is -0.132. The Bertz CT molecular complexity index is 427. The van der Waals surface area contributed by atoms with Gasteiger partial charge in [0.15, 0.2) is 0 Å². The van der Waals surface area contributed by atoms with Crippen LogP contribution >= 0.6 is 11.6 Å². The monoisotopic (exact) mass is 294 g/mol. The van der Waals surface area contributed by atoms with E-state index in [9.17, 15) is 4.79 Å². The third-order valence-electron chi connectivity index (χ3n) is 3.86. The van der Waals surface area contributed by atoms with E-state index >= 15 is 0 Å². The summed E-state index contributed by atoms with van der Waals surface area (Å²) in [5, 5.41) is -0.554. The number of rotatable bonds is 4. The fourth-order valence-electron chi connectivity index (χ4n) is 2.78. The average molecular weight is 295 g/mol. The molecule has 0 saturated carbocycles. The third-order valence-corrected chi connectivity index (χ3v) is 4.30. The molecule has 1 atom stereocenters. The second-order valence-corrected chi connectivity index (χ2v) is 6.24. The van der Waals surface area contributed by atoms with E-state index in [1.54, 1.807) is 0 Å². The van der Waals surface area contributed by atoms with Crippen molar-refractivity contribution in [1.29, 1.82) is 0 Å². The summed E-state index contributed by atoms with van der Waals surface area (Å²) in [5.74, 6) is 0.737. The number of nitrogens with zero attached hydrogens (tertiary/aromatic N) is 2. The molecule has 1 fully saturated rings. The first kappa shape index (κ1) is 15.3. The molecular weight excluding hydrogens is 272 g/mol. The van der Waals surface area contributed by atoms with Gasteiger partial charge in [0.25, 0.3) is 0 Å². The van der Waals surface area contributed by atoms with Crippen LogP contribution in [0.1, 0.15) is 23.8 Å². The number of hydrogen-bond donors (Lipinski definition) is 0. The van der Waals surface area contributed by atoms with Gasteiger partial charge in [-0.3, -0.25) is 4.79 Å². The maximum atomic E-state index is 12.4. The molecule has 4 heteroatoms. The Kier molecular flexibility index (Phi) is 5.44. The van der Waals surface area contributed by atoms with Crippen LogP contribution in [0, 0.1) is 5.92 Å². The number of hydrogen-bond acceptors (Lipinski definition) is 2. The van der Waals surface area contributed by atoms with Gasteiger partial charge in [0.1, 0.15) is 5.38 Å². The van der Waals surface area contributed by atoms with Gasteiger partial charge in [-0.05, 0) is 38.4 Å². The molecule has 1 aliphatic rings. The quantitative estimate of drug-likeness (QED) is 0.797. The Morgan fingerprint density at radius 1 is 1.30 bits per heavy atom. The normalized spacial score (nSPS) is 18.3. The van der Waals surface area contributed by atoms with Gasteiger partial charge < -0.3 is 9.80 Å². The first-order valence-corrected chi connectivity index (χ1v) is 7.64. The number of carbonyl (C=O) groups excluding carboxylic acids is 1. The molecule has 1 heterocycles. The van der Waals surface area contributed by atoms with E-state index in [0.717, 1.165) is 38.0 Å². The molecule has 0 spiro atoms. The van der Waals surface area contributed by atoms with Crippen LogP contribution < -0.4 is 0 Å².